The Morgan fingerprint density at radius 1 is 1.03 bits per heavy atom. The van der Waals surface area contributed by atoms with E-state index in [2.05, 4.69) is 0 Å². The Morgan fingerprint density at radius 3 is 2.50 bits per heavy atom. The van der Waals surface area contributed by atoms with Crippen LogP contribution in [0.3, 0.4) is 0 Å². The predicted molar refractivity (Wildman–Crippen MR) is 120 cm³/mol. The Bertz CT molecular complexity index is 1120. The number of aliphatic hydroxyl groups is 1. The van der Waals surface area contributed by atoms with Crippen LogP contribution in [0.2, 0.25) is 0 Å². The molecular weight excluding hydrogens is 394 g/mol. The largest absolute Gasteiger partial charge is 0.503 e. The molecule has 3 aromatic rings. The number of nitrogens with zero attached hydrogens (tertiary/aromatic N) is 1. The van der Waals surface area contributed by atoms with E-state index in [4.69, 9.17) is 0 Å². The number of aliphatic hydroxyl groups excluding tert-OH is 1. The monoisotopic (exact) mass is 417 g/mol. The third kappa shape index (κ3) is 3.57. The van der Waals surface area contributed by atoms with Gasteiger partial charge in [0, 0.05) is 17.0 Å². The fourth-order valence-electron chi connectivity index (χ4n) is 3.89. The maximum absolute atomic E-state index is 13.2. The number of anilines is 1. The summed E-state index contributed by atoms with van der Waals surface area (Å²) in [6.45, 7) is 3.94. The van der Waals surface area contributed by atoms with E-state index in [9.17, 15) is 14.7 Å². The molecule has 4 rings (SSSR count). The summed E-state index contributed by atoms with van der Waals surface area (Å²) in [4.78, 5) is 28.8. The molecule has 1 amide bonds. The highest BCUT2D eigenvalue weighted by atomic mass is 32.1. The Kier molecular flexibility index (Phi) is 5.55. The van der Waals surface area contributed by atoms with Crippen molar-refractivity contribution >= 4 is 28.7 Å². The molecule has 2 aromatic carbocycles. The Labute approximate surface area is 180 Å². The van der Waals surface area contributed by atoms with Gasteiger partial charge in [0.15, 0.2) is 11.5 Å². The van der Waals surface area contributed by atoms with E-state index < -0.39 is 17.7 Å². The highest BCUT2D eigenvalue weighted by Gasteiger charge is 2.45. The first-order chi connectivity index (χ1) is 14.5. The predicted octanol–water partition coefficient (Wildman–Crippen LogP) is 5.47. The average molecular weight is 418 g/mol. The fourth-order valence-corrected chi connectivity index (χ4v) is 4.71. The number of hydrogen-bond donors (Lipinski definition) is 1. The fraction of sp³-hybridized carbons (Fsp3) is 0.200. The van der Waals surface area contributed by atoms with Crippen LogP contribution in [0.5, 0.6) is 0 Å². The number of carbonyl (C=O) groups excluding carboxylic acids is 2. The van der Waals surface area contributed by atoms with Crippen LogP contribution in [0.15, 0.2) is 77.4 Å². The van der Waals surface area contributed by atoms with Gasteiger partial charge in [-0.2, -0.15) is 0 Å². The molecule has 1 unspecified atom stereocenters. The van der Waals surface area contributed by atoms with Gasteiger partial charge in [-0.15, -0.1) is 11.3 Å². The van der Waals surface area contributed by atoms with Gasteiger partial charge in [-0.3, -0.25) is 14.5 Å². The summed E-state index contributed by atoms with van der Waals surface area (Å²) in [5, 5.41) is 12.7. The van der Waals surface area contributed by atoms with E-state index >= 15 is 0 Å². The smallest absolute Gasteiger partial charge is 0.294 e. The Morgan fingerprint density at radius 2 is 1.80 bits per heavy atom. The van der Waals surface area contributed by atoms with Crippen molar-refractivity contribution in [3.63, 3.8) is 0 Å². The van der Waals surface area contributed by atoms with Crippen molar-refractivity contribution in [3.8, 4) is 0 Å². The first-order valence-electron chi connectivity index (χ1n) is 9.92. The van der Waals surface area contributed by atoms with Crippen LogP contribution in [0.1, 0.15) is 34.0 Å². The zero-order chi connectivity index (χ0) is 21.3. The Hall–Kier alpha value is -3.18. The molecule has 1 aliphatic rings. The molecule has 4 nitrogen and oxygen atoms in total. The molecule has 0 fully saturated rings. The first-order valence-corrected chi connectivity index (χ1v) is 10.8. The Balaban J connectivity index is 1.72. The van der Waals surface area contributed by atoms with Crippen molar-refractivity contribution in [2.75, 3.05) is 4.90 Å². The topological polar surface area (TPSA) is 57.6 Å². The van der Waals surface area contributed by atoms with Gasteiger partial charge in [0.1, 0.15) is 6.04 Å². The lowest BCUT2D eigenvalue weighted by atomic mass is 9.96. The third-order valence-electron chi connectivity index (χ3n) is 5.64. The summed E-state index contributed by atoms with van der Waals surface area (Å²) in [7, 11) is 0. The molecular formula is C25H23NO3S. The van der Waals surface area contributed by atoms with E-state index in [1.54, 1.807) is 4.90 Å². The number of amides is 1. The number of ketones is 1. The SMILES string of the molecule is Cc1cccc(N2C(=O)C(O)=C(C(=O)CCc3ccccc3)C2c2cccs2)c1C. The molecule has 1 atom stereocenters. The van der Waals surface area contributed by atoms with Gasteiger partial charge in [-0.05, 0) is 54.5 Å². The van der Waals surface area contributed by atoms with Gasteiger partial charge in [0.2, 0.25) is 0 Å². The molecule has 0 spiro atoms. The van der Waals surface area contributed by atoms with Crippen molar-refractivity contribution in [1.29, 1.82) is 0 Å². The first kappa shape index (κ1) is 20.1. The van der Waals surface area contributed by atoms with Crippen LogP contribution in [-0.4, -0.2) is 16.8 Å². The number of thiophene rings is 1. The van der Waals surface area contributed by atoms with Crippen molar-refractivity contribution in [3.05, 3.63) is 98.9 Å². The van der Waals surface area contributed by atoms with Crippen LogP contribution in [0, 0.1) is 13.8 Å². The number of benzene rings is 2. The lowest BCUT2D eigenvalue weighted by Crippen LogP contribution is -2.31. The molecule has 5 heteroatoms. The zero-order valence-corrected chi connectivity index (χ0v) is 17.8. The van der Waals surface area contributed by atoms with Crippen LogP contribution >= 0.6 is 11.3 Å². The van der Waals surface area contributed by atoms with Crippen LogP contribution in [0.4, 0.5) is 5.69 Å². The zero-order valence-electron chi connectivity index (χ0n) is 17.0. The minimum atomic E-state index is -0.610. The summed E-state index contributed by atoms with van der Waals surface area (Å²) >= 11 is 1.48. The van der Waals surface area contributed by atoms with Crippen molar-refractivity contribution in [2.45, 2.75) is 32.7 Å². The molecule has 1 N–H and O–H groups in total. The second-order valence-electron chi connectivity index (χ2n) is 7.48. The van der Waals surface area contributed by atoms with E-state index in [-0.39, 0.29) is 17.8 Å². The minimum absolute atomic E-state index is 0.194. The molecule has 2 heterocycles. The van der Waals surface area contributed by atoms with Crippen molar-refractivity contribution in [2.24, 2.45) is 0 Å². The standard InChI is InChI=1S/C25H23NO3S/c1-16-8-6-11-19(17(16)2)26-23(21-12-7-15-30-21)22(24(28)25(26)29)20(27)14-13-18-9-4-3-5-10-18/h3-12,15,23,28H,13-14H2,1-2H3. The molecule has 0 saturated carbocycles. The molecule has 30 heavy (non-hydrogen) atoms. The number of aryl methyl sites for hydroxylation is 2. The lowest BCUT2D eigenvalue weighted by molar-refractivity contribution is -0.118. The van der Waals surface area contributed by atoms with Gasteiger partial charge in [-0.1, -0.05) is 48.5 Å². The van der Waals surface area contributed by atoms with Crippen molar-refractivity contribution < 1.29 is 14.7 Å². The number of rotatable bonds is 6. The number of carbonyl (C=O) groups is 2. The van der Waals surface area contributed by atoms with Crippen LogP contribution < -0.4 is 4.90 Å². The number of hydrogen-bond acceptors (Lipinski definition) is 4. The maximum Gasteiger partial charge on any atom is 0.294 e. The minimum Gasteiger partial charge on any atom is -0.503 e. The highest BCUT2D eigenvalue weighted by Crippen LogP contribution is 2.44. The van der Waals surface area contributed by atoms with Gasteiger partial charge in [0.05, 0.1) is 5.57 Å². The van der Waals surface area contributed by atoms with Crippen molar-refractivity contribution in [1.82, 2.24) is 0 Å². The molecule has 0 bridgehead atoms. The summed E-state index contributed by atoms with van der Waals surface area (Å²) in [5.74, 6) is -1.16. The van der Waals surface area contributed by atoms with Gasteiger partial charge < -0.3 is 5.11 Å². The van der Waals surface area contributed by atoms with Gasteiger partial charge >= 0.3 is 0 Å². The van der Waals surface area contributed by atoms with Crippen LogP contribution in [0.25, 0.3) is 0 Å². The summed E-state index contributed by atoms with van der Waals surface area (Å²) in [6.07, 6.45) is 0.796. The van der Waals surface area contributed by atoms with E-state index in [0.717, 1.165) is 27.3 Å². The second-order valence-corrected chi connectivity index (χ2v) is 8.46. The third-order valence-corrected chi connectivity index (χ3v) is 6.57. The lowest BCUT2D eigenvalue weighted by Gasteiger charge is -2.27. The molecule has 0 radical (unpaired) electrons. The number of Topliss-reactive ketones (excluding diaryl/α,β-unsaturated/α-hetero) is 1. The molecule has 0 saturated heterocycles. The highest BCUT2D eigenvalue weighted by molar-refractivity contribution is 7.10. The van der Waals surface area contributed by atoms with E-state index in [0.29, 0.717) is 6.42 Å². The summed E-state index contributed by atoms with van der Waals surface area (Å²) in [5.41, 5.74) is 3.97. The summed E-state index contributed by atoms with van der Waals surface area (Å²) < 4.78 is 0. The van der Waals surface area contributed by atoms with Crippen LogP contribution in [-0.2, 0) is 16.0 Å². The van der Waals surface area contributed by atoms with E-state index in [1.807, 2.05) is 79.9 Å². The van der Waals surface area contributed by atoms with Gasteiger partial charge in [0.25, 0.3) is 5.91 Å². The van der Waals surface area contributed by atoms with Gasteiger partial charge in [-0.25, -0.2) is 0 Å². The molecule has 152 valence electrons. The second kappa shape index (κ2) is 8.28. The summed E-state index contributed by atoms with van der Waals surface area (Å²) in [6, 6.07) is 18.7. The average Bonchev–Trinajstić information content (AvgIpc) is 3.37. The molecule has 1 aromatic heterocycles. The maximum atomic E-state index is 13.2. The van der Waals surface area contributed by atoms with E-state index in [1.165, 1.54) is 11.3 Å². The molecule has 1 aliphatic heterocycles. The normalized spacial score (nSPS) is 16.4. The quantitative estimate of drug-likeness (QED) is 0.579. The molecule has 0 aliphatic carbocycles.